The number of hydrogen-bond donors (Lipinski definition) is 0. The number of nitrogens with zero attached hydrogens (tertiary/aromatic N) is 1. The lowest BCUT2D eigenvalue weighted by atomic mass is 9.81. The highest BCUT2D eigenvalue weighted by atomic mass is 14.6. The van der Waals surface area contributed by atoms with Crippen molar-refractivity contribution in [1.82, 2.24) is 4.98 Å². The molecule has 2 aliphatic rings. The summed E-state index contributed by atoms with van der Waals surface area (Å²) in [6.07, 6.45) is 3.98. The summed E-state index contributed by atoms with van der Waals surface area (Å²) < 4.78 is 0. The maximum Gasteiger partial charge on any atom is 0.0353 e. The molecule has 0 N–H and O–H groups in total. The van der Waals surface area contributed by atoms with E-state index in [1.807, 2.05) is 12.4 Å². The van der Waals surface area contributed by atoms with Gasteiger partial charge in [0.15, 0.2) is 0 Å². The Hall–Kier alpha value is -6.57. The van der Waals surface area contributed by atoms with Gasteiger partial charge in [-0.25, -0.2) is 0 Å². The highest BCUT2D eigenvalue weighted by Crippen LogP contribution is 2.51. The average molecular weight is 688 g/mol. The summed E-state index contributed by atoms with van der Waals surface area (Å²) in [5.41, 5.74) is 19.4. The van der Waals surface area contributed by atoms with Crippen molar-refractivity contribution in [3.8, 4) is 55.6 Å². The van der Waals surface area contributed by atoms with Crippen molar-refractivity contribution < 1.29 is 0 Å². The molecule has 1 nitrogen and oxygen atoms in total. The predicted octanol–water partition coefficient (Wildman–Crippen LogP) is 13.9. The second kappa shape index (κ2) is 11.7. The molecule has 0 radical (unpaired) electrons. The third kappa shape index (κ3) is 4.61. The number of hydrogen-bond acceptors (Lipinski definition) is 1. The van der Waals surface area contributed by atoms with Gasteiger partial charge in [0, 0.05) is 29.3 Å². The summed E-state index contributed by atoms with van der Waals surface area (Å²) in [6.45, 7) is 4.72. The normalized spacial score (nSPS) is 14.8. The van der Waals surface area contributed by atoms with Crippen molar-refractivity contribution in [2.75, 3.05) is 0 Å². The van der Waals surface area contributed by atoms with Crippen molar-refractivity contribution in [3.05, 3.63) is 210 Å². The lowest BCUT2D eigenvalue weighted by Gasteiger charge is -2.22. The molecule has 0 spiro atoms. The van der Waals surface area contributed by atoms with Crippen LogP contribution < -0.4 is 0 Å². The van der Waals surface area contributed by atoms with Gasteiger partial charge in [-0.1, -0.05) is 153 Å². The van der Waals surface area contributed by atoms with Crippen LogP contribution in [-0.4, -0.2) is 4.98 Å². The van der Waals surface area contributed by atoms with Crippen LogP contribution in [0.5, 0.6) is 0 Å². The summed E-state index contributed by atoms with van der Waals surface area (Å²) in [6, 6.07) is 63.3. The summed E-state index contributed by atoms with van der Waals surface area (Å²) in [5.74, 6) is 0.174. The van der Waals surface area contributed by atoms with Gasteiger partial charge in [-0.3, -0.25) is 4.98 Å². The average Bonchev–Trinajstić information content (AvgIpc) is 3.68. The van der Waals surface area contributed by atoms with E-state index in [-0.39, 0.29) is 11.3 Å². The van der Waals surface area contributed by atoms with E-state index in [0.29, 0.717) is 0 Å². The Balaban J connectivity index is 1.01. The topological polar surface area (TPSA) is 12.9 Å². The molecular formula is C53H37N. The van der Waals surface area contributed by atoms with Crippen molar-refractivity contribution in [2.24, 2.45) is 0 Å². The van der Waals surface area contributed by atoms with E-state index in [1.165, 1.54) is 105 Å². The zero-order valence-corrected chi connectivity index (χ0v) is 30.3. The molecule has 0 amide bonds. The molecule has 2 aliphatic carbocycles. The highest BCUT2D eigenvalue weighted by molar-refractivity contribution is 6.14. The van der Waals surface area contributed by atoms with Crippen LogP contribution >= 0.6 is 0 Å². The van der Waals surface area contributed by atoms with Crippen LogP contribution in [0.1, 0.15) is 47.6 Å². The van der Waals surface area contributed by atoms with Crippen molar-refractivity contribution in [1.29, 1.82) is 0 Å². The quantitative estimate of drug-likeness (QED) is 0.168. The second-order valence-electron chi connectivity index (χ2n) is 15.5. The van der Waals surface area contributed by atoms with Crippen LogP contribution in [0.15, 0.2) is 182 Å². The fraction of sp³-hybridized carbons (Fsp3) is 0.0755. The van der Waals surface area contributed by atoms with E-state index in [2.05, 4.69) is 189 Å². The first-order valence-corrected chi connectivity index (χ1v) is 19.0. The first-order valence-electron chi connectivity index (χ1n) is 19.0. The fourth-order valence-electron chi connectivity index (χ4n) is 9.53. The van der Waals surface area contributed by atoms with Gasteiger partial charge in [-0.05, 0) is 130 Å². The molecule has 1 unspecified atom stereocenters. The molecule has 9 aromatic rings. The van der Waals surface area contributed by atoms with E-state index in [9.17, 15) is 0 Å². The SMILES string of the molecule is CC1(C)c2ccccc2-c2ccc(-c3cc4cc(-c5ccc6c(c5)-c5cnccc5C6c5ccc(-c6ccccc6)cc5)ccc4c4ccccc34)cc21. The molecule has 1 aromatic heterocycles. The minimum atomic E-state index is -0.0475. The van der Waals surface area contributed by atoms with E-state index >= 15 is 0 Å². The van der Waals surface area contributed by atoms with Gasteiger partial charge in [-0.15, -0.1) is 0 Å². The van der Waals surface area contributed by atoms with E-state index in [0.717, 1.165) is 0 Å². The van der Waals surface area contributed by atoms with Gasteiger partial charge < -0.3 is 0 Å². The maximum atomic E-state index is 4.59. The fourth-order valence-corrected chi connectivity index (χ4v) is 9.53. The molecule has 54 heavy (non-hydrogen) atoms. The first kappa shape index (κ1) is 31.0. The molecule has 0 saturated heterocycles. The van der Waals surface area contributed by atoms with Crippen LogP contribution in [0.2, 0.25) is 0 Å². The van der Waals surface area contributed by atoms with Gasteiger partial charge in [0.05, 0.1) is 0 Å². The van der Waals surface area contributed by atoms with Crippen LogP contribution in [0, 0.1) is 0 Å². The van der Waals surface area contributed by atoms with Crippen molar-refractivity contribution in [3.63, 3.8) is 0 Å². The summed E-state index contributed by atoms with van der Waals surface area (Å²) in [5, 5.41) is 5.11. The molecule has 8 aromatic carbocycles. The van der Waals surface area contributed by atoms with Gasteiger partial charge in [0.25, 0.3) is 0 Å². The monoisotopic (exact) mass is 687 g/mol. The summed E-state index contributed by atoms with van der Waals surface area (Å²) in [7, 11) is 0. The molecule has 11 rings (SSSR count). The number of fused-ring (bicyclic) bond motifs is 9. The summed E-state index contributed by atoms with van der Waals surface area (Å²) in [4.78, 5) is 4.59. The number of benzene rings is 8. The van der Waals surface area contributed by atoms with Crippen molar-refractivity contribution in [2.45, 2.75) is 25.2 Å². The largest absolute Gasteiger partial charge is 0.264 e. The van der Waals surface area contributed by atoms with E-state index < -0.39 is 0 Å². The van der Waals surface area contributed by atoms with Gasteiger partial charge in [-0.2, -0.15) is 0 Å². The number of aromatic nitrogens is 1. The van der Waals surface area contributed by atoms with Gasteiger partial charge in [0.2, 0.25) is 0 Å². The first-order chi connectivity index (χ1) is 26.5. The van der Waals surface area contributed by atoms with Crippen molar-refractivity contribution >= 4 is 21.5 Å². The third-order valence-electron chi connectivity index (χ3n) is 12.3. The Morgan fingerprint density at radius 3 is 1.94 bits per heavy atom. The maximum absolute atomic E-state index is 4.59. The Bertz CT molecular complexity index is 2950. The molecule has 0 saturated carbocycles. The zero-order chi connectivity index (χ0) is 36.0. The molecular weight excluding hydrogens is 651 g/mol. The van der Waals surface area contributed by atoms with E-state index in [4.69, 9.17) is 0 Å². The zero-order valence-electron chi connectivity index (χ0n) is 30.3. The van der Waals surface area contributed by atoms with Crippen LogP contribution in [0.4, 0.5) is 0 Å². The number of pyridine rings is 1. The molecule has 0 aliphatic heterocycles. The van der Waals surface area contributed by atoms with Crippen LogP contribution in [0.3, 0.4) is 0 Å². The Kier molecular flexibility index (Phi) is 6.73. The standard InChI is InChI=1S/C53H37N/c1-53(2)50-15-9-8-14-43(50)44-24-22-38(31-51(44)53)47-30-39-28-36(20-23-40(39)41-12-6-7-13-42(41)47)37-21-25-45-48(29-37)49-32-54-27-26-46(49)52(45)35-18-16-34(17-19-35)33-10-4-3-5-11-33/h3-32,52H,1-2H3. The second-order valence-corrected chi connectivity index (χ2v) is 15.5. The lowest BCUT2D eigenvalue weighted by Crippen LogP contribution is -2.14. The lowest BCUT2D eigenvalue weighted by molar-refractivity contribution is 0.660. The van der Waals surface area contributed by atoms with Crippen LogP contribution in [0.25, 0.3) is 77.2 Å². The third-order valence-corrected chi connectivity index (χ3v) is 12.3. The van der Waals surface area contributed by atoms with Crippen LogP contribution in [-0.2, 0) is 5.41 Å². The summed E-state index contributed by atoms with van der Waals surface area (Å²) >= 11 is 0. The van der Waals surface area contributed by atoms with E-state index in [1.54, 1.807) is 0 Å². The minimum Gasteiger partial charge on any atom is -0.264 e. The molecule has 254 valence electrons. The predicted molar refractivity (Wildman–Crippen MR) is 226 cm³/mol. The highest BCUT2D eigenvalue weighted by Gasteiger charge is 2.35. The Morgan fingerprint density at radius 1 is 0.407 bits per heavy atom. The molecule has 1 heterocycles. The number of rotatable bonds is 4. The Morgan fingerprint density at radius 2 is 1.07 bits per heavy atom. The molecule has 1 atom stereocenters. The minimum absolute atomic E-state index is 0.0475. The van der Waals surface area contributed by atoms with Gasteiger partial charge >= 0.3 is 0 Å². The molecule has 1 heteroatoms. The smallest absolute Gasteiger partial charge is 0.0353 e. The van der Waals surface area contributed by atoms with Gasteiger partial charge in [0.1, 0.15) is 0 Å². The molecule has 0 fully saturated rings. The Labute approximate surface area is 316 Å². The molecule has 0 bridgehead atoms.